The van der Waals surface area contributed by atoms with Gasteiger partial charge in [-0.3, -0.25) is 13.9 Å². The SMILES string of the molecule is Cc1ccccc1N(CC(=O)N(Cc1ccc(Br)cc1)[C@@H](C)C(=O)NC1CCCCC1)S(=O)(=O)c1ccc(Cl)cc1. The lowest BCUT2D eigenvalue weighted by atomic mass is 9.95. The van der Waals surface area contributed by atoms with Crippen LogP contribution >= 0.6 is 27.5 Å². The van der Waals surface area contributed by atoms with Gasteiger partial charge in [-0.15, -0.1) is 0 Å². The van der Waals surface area contributed by atoms with Gasteiger partial charge in [0.1, 0.15) is 12.6 Å². The van der Waals surface area contributed by atoms with Crippen molar-refractivity contribution in [2.75, 3.05) is 10.8 Å². The zero-order chi connectivity index (χ0) is 29.6. The van der Waals surface area contributed by atoms with Crippen molar-refractivity contribution in [3.8, 4) is 0 Å². The number of nitrogens with zero attached hydrogens (tertiary/aromatic N) is 2. The summed E-state index contributed by atoms with van der Waals surface area (Å²) in [6.45, 7) is 3.16. The molecule has 0 heterocycles. The maximum atomic E-state index is 14.1. The number of halogens is 2. The summed E-state index contributed by atoms with van der Waals surface area (Å²) in [5.41, 5.74) is 1.90. The van der Waals surface area contributed by atoms with E-state index in [-0.39, 0.29) is 23.4 Å². The molecule has 0 saturated heterocycles. The molecule has 1 fully saturated rings. The van der Waals surface area contributed by atoms with Crippen molar-refractivity contribution in [3.63, 3.8) is 0 Å². The van der Waals surface area contributed by atoms with Gasteiger partial charge in [0.25, 0.3) is 10.0 Å². The molecule has 0 unspecified atom stereocenters. The third kappa shape index (κ3) is 7.90. The summed E-state index contributed by atoms with van der Waals surface area (Å²) in [5, 5.41) is 3.52. The first-order valence-electron chi connectivity index (χ1n) is 13.7. The van der Waals surface area contributed by atoms with Crippen LogP contribution in [0, 0.1) is 6.92 Å². The van der Waals surface area contributed by atoms with E-state index in [4.69, 9.17) is 11.6 Å². The number of sulfonamides is 1. The zero-order valence-electron chi connectivity index (χ0n) is 23.2. The van der Waals surface area contributed by atoms with Crippen molar-refractivity contribution in [2.45, 2.75) is 69.5 Å². The average Bonchev–Trinajstić information content (AvgIpc) is 2.96. The Balaban J connectivity index is 1.68. The third-order valence-corrected chi connectivity index (χ3v) is 10.0. The Kier molecular flexibility index (Phi) is 10.5. The van der Waals surface area contributed by atoms with Crippen molar-refractivity contribution in [1.82, 2.24) is 10.2 Å². The lowest BCUT2D eigenvalue weighted by Crippen LogP contribution is -2.53. The summed E-state index contributed by atoms with van der Waals surface area (Å²) < 4.78 is 29.9. The molecule has 0 aromatic heterocycles. The van der Waals surface area contributed by atoms with Gasteiger partial charge in [0.15, 0.2) is 0 Å². The number of para-hydroxylation sites is 1. The lowest BCUT2D eigenvalue weighted by Gasteiger charge is -2.33. The number of hydrogen-bond acceptors (Lipinski definition) is 4. The van der Waals surface area contributed by atoms with Gasteiger partial charge in [0.05, 0.1) is 10.6 Å². The van der Waals surface area contributed by atoms with Gasteiger partial charge in [0, 0.05) is 22.1 Å². The van der Waals surface area contributed by atoms with Crippen molar-refractivity contribution in [2.24, 2.45) is 0 Å². The maximum absolute atomic E-state index is 14.1. The molecule has 1 aliphatic carbocycles. The Morgan fingerprint density at radius 3 is 2.24 bits per heavy atom. The molecule has 3 aromatic rings. The van der Waals surface area contributed by atoms with Crippen molar-refractivity contribution in [1.29, 1.82) is 0 Å². The molecular formula is C31H35BrClN3O4S. The first kappa shape index (κ1) is 31.1. The Labute approximate surface area is 256 Å². The van der Waals surface area contributed by atoms with E-state index in [0.29, 0.717) is 16.3 Å². The fraction of sp³-hybridized carbons (Fsp3) is 0.355. The molecule has 0 spiro atoms. The maximum Gasteiger partial charge on any atom is 0.264 e. The van der Waals surface area contributed by atoms with Crippen molar-refractivity contribution >= 4 is 55.1 Å². The predicted octanol–water partition coefficient (Wildman–Crippen LogP) is 6.47. The van der Waals surface area contributed by atoms with Gasteiger partial charge in [-0.05, 0) is 80.3 Å². The quantitative estimate of drug-likeness (QED) is 0.270. The van der Waals surface area contributed by atoms with Crippen LogP contribution in [-0.2, 0) is 26.2 Å². The second-order valence-corrected chi connectivity index (χ2v) is 13.6. The minimum atomic E-state index is -4.15. The molecule has 4 rings (SSSR count). The second-order valence-electron chi connectivity index (χ2n) is 10.4. The van der Waals surface area contributed by atoms with Crippen LogP contribution in [0.2, 0.25) is 5.02 Å². The summed E-state index contributed by atoms with van der Waals surface area (Å²) in [6, 6.07) is 19.6. The molecule has 41 heavy (non-hydrogen) atoms. The standard InChI is InChI=1S/C31H35BrClN3O4S/c1-22-8-6-7-11-29(22)36(41(39,40)28-18-16-26(33)17-19-28)21-30(37)35(20-24-12-14-25(32)15-13-24)23(2)31(38)34-27-9-4-3-5-10-27/h6-8,11-19,23,27H,3-5,9-10,20-21H2,1-2H3,(H,34,38)/t23-/m0/s1. The Hall–Kier alpha value is -2.88. The lowest BCUT2D eigenvalue weighted by molar-refractivity contribution is -0.139. The van der Waals surface area contributed by atoms with E-state index in [1.165, 1.54) is 29.2 Å². The number of rotatable bonds is 10. The number of amides is 2. The number of benzene rings is 3. The van der Waals surface area contributed by atoms with Gasteiger partial charge in [-0.1, -0.05) is 77.1 Å². The van der Waals surface area contributed by atoms with Gasteiger partial charge in [-0.2, -0.15) is 0 Å². The number of carbonyl (C=O) groups excluding carboxylic acids is 2. The van der Waals surface area contributed by atoms with Gasteiger partial charge < -0.3 is 10.2 Å². The first-order chi connectivity index (χ1) is 19.6. The summed E-state index contributed by atoms with van der Waals surface area (Å²) in [5.74, 6) is -0.731. The van der Waals surface area contributed by atoms with Gasteiger partial charge in [0.2, 0.25) is 11.8 Å². The fourth-order valence-corrected chi connectivity index (χ4v) is 6.90. The van der Waals surface area contributed by atoms with Crippen LogP contribution in [0.3, 0.4) is 0 Å². The van der Waals surface area contributed by atoms with Crippen LogP contribution in [0.1, 0.15) is 50.2 Å². The number of carbonyl (C=O) groups is 2. The smallest absolute Gasteiger partial charge is 0.264 e. The molecule has 2 amide bonds. The minimum Gasteiger partial charge on any atom is -0.352 e. The molecule has 1 N–H and O–H groups in total. The Morgan fingerprint density at radius 2 is 1.61 bits per heavy atom. The highest BCUT2D eigenvalue weighted by molar-refractivity contribution is 9.10. The molecule has 0 bridgehead atoms. The normalized spacial score (nSPS) is 14.7. The topological polar surface area (TPSA) is 86.8 Å². The van der Waals surface area contributed by atoms with E-state index in [1.54, 1.807) is 32.0 Å². The fourth-order valence-electron chi connectivity index (χ4n) is 5.03. The highest BCUT2D eigenvalue weighted by Crippen LogP contribution is 2.28. The Morgan fingerprint density at radius 1 is 0.976 bits per heavy atom. The van der Waals surface area contributed by atoms with Crippen LogP contribution in [-0.4, -0.2) is 43.8 Å². The summed E-state index contributed by atoms with van der Waals surface area (Å²) in [7, 11) is -4.15. The van der Waals surface area contributed by atoms with E-state index >= 15 is 0 Å². The monoisotopic (exact) mass is 659 g/mol. The Bertz CT molecular complexity index is 1460. The van der Waals surface area contributed by atoms with E-state index in [0.717, 1.165) is 46.4 Å². The number of aryl methyl sites for hydroxylation is 1. The molecule has 7 nitrogen and oxygen atoms in total. The van der Waals surface area contributed by atoms with Crippen molar-refractivity contribution < 1.29 is 18.0 Å². The predicted molar refractivity (Wildman–Crippen MR) is 166 cm³/mol. The summed E-state index contributed by atoms with van der Waals surface area (Å²) in [6.07, 6.45) is 5.12. The molecule has 3 aromatic carbocycles. The van der Waals surface area contributed by atoms with Gasteiger partial charge in [-0.25, -0.2) is 8.42 Å². The molecule has 1 aliphatic rings. The first-order valence-corrected chi connectivity index (χ1v) is 16.4. The molecular weight excluding hydrogens is 626 g/mol. The van der Waals surface area contributed by atoms with Gasteiger partial charge >= 0.3 is 0 Å². The average molecular weight is 661 g/mol. The number of anilines is 1. The zero-order valence-corrected chi connectivity index (χ0v) is 26.4. The van der Waals surface area contributed by atoms with Crippen molar-refractivity contribution in [3.05, 3.63) is 93.4 Å². The summed E-state index contributed by atoms with van der Waals surface area (Å²) in [4.78, 5) is 29.0. The minimum absolute atomic E-state index is 0.0144. The molecule has 10 heteroatoms. The number of hydrogen-bond donors (Lipinski definition) is 1. The van der Waals surface area contributed by atoms with Crippen LogP contribution < -0.4 is 9.62 Å². The third-order valence-electron chi connectivity index (χ3n) is 7.45. The van der Waals surface area contributed by atoms with E-state index < -0.39 is 28.5 Å². The van der Waals surface area contributed by atoms with Crippen LogP contribution in [0.4, 0.5) is 5.69 Å². The molecule has 0 aliphatic heterocycles. The molecule has 0 radical (unpaired) electrons. The van der Waals surface area contributed by atoms with E-state index in [1.807, 2.05) is 30.3 Å². The second kappa shape index (κ2) is 13.9. The molecule has 1 saturated carbocycles. The molecule has 1 atom stereocenters. The largest absolute Gasteiger partial charge is 0.352 e. The summed E-state index contributed by atoms with van der Waals surface area (Å²) >= 11 is 9.46. The van der Waals surface area contributed by atoms with E-state index in [9.17, 15) is 18.0 Å². The van der Waals surface area contributed by atoms with Crippen LogP contribution in [0.15, 0.2) is 82.2 Å². The molecule has 218 valence electrons. The highest BCUT2D eigenvalue weighted by atomic mass is 79.9. The number of nitrogens with one attached hydrogen (secondary N) is 1. The van der Waals surface area contributed by atoms with Crippen LogP contribution in [0.5, 0.6) is 0 Å². The van der Waals surface area contributed by atoms with Crippen LogP contribution in [0.25, 0.3) is 0 Å². The van der Waals surface area contributed by atoms with E-state index in [2.05, 4.69) is 21.2 Å². The highest BCUT2D eigenvalue weighted by Gasteiger charge is 2.33.